The lowest BCUT2D eigenvalue weighted by molar-refractivity contribution is -0.145. The van der Waals surface area contributed by atoms with Gasteiger partial charge in [-0.3, -0.25) is 9.59 Å². The SMILES string of the molecule is O=C(CCC(=O)c1ccc(Br)cc1)OCc1nc(-c2ccsc2)no1. The molecule has 3 rings (SSSR count). The van der Waals surface area contributed by atoms with Crippen molar-refractivity contribution in [3.63, 3.8) is 0 Å². The zero-order valence-electron chi connectivity index (χ0n) is 13.0. The Hall–Kier alpha value is -2.32. The number of halogens is 1. The van der Waals surface area contributed by atoms with Crippen LogP contribution in [0, 0.1) is 0 Å². The summed E-state index contributed by atoms with van der Waals surface area (Å²) in [7, 11) is 0. The lowest BCUT2D eigenvalue weighted by Gasteiger charge is -2.02. The van der Waals surface area contributed by atoms with E-state index >= 15 is 0 Å². The lowest BCUT2D eigenvalue weighted by atomic mass is 10.1. The molecule has 8 heteroatoms. The maximum absolute atomic E-state index is 12.0. The van der Waals surface area contributed by atoms with E-state index in [4.69, 9.17) is 9.26 Å². The fraction of sp³-hybridized carbons (Fsp3) is 0.176. The molecule has 0 saturated heterocycles. The first-order valence-corrected chi connectivity index (χ1v) is 9.15. The molecule has 2 heterocycles. The summed E-state index contributed by atoms with van der Waals surface area (Å²) in [5, 5.41) is 7.64. The van der Waals surface area contributed by atoms with Crippen LogP contribution in [0.4, 0.5) is 0 Å². The highest BCUT2D eigenvalue weighted by atomic mass is 79.9. The summed E-state index contributed by atoms with van der Waals surface area (Å²) in [6.07, 6.45) is 0.0882. The Balaban J connectivity index is 1.45. The van der Waals surface area contributed by atoms with E-state index in [0.29, 0.717) is 11.4 Å². The van der Waals surface area contributed by atoms with Gasteiger partial charge in [0, 0.05) is 27.4 Å². The summed E-state index contributed by atoms with van der Waals surface area (Å²) in [6.45, 7) is -0.109. The summed E-state index contributed by atoms with van der Waals surface area (Å²) >= 11 is 4.84. The highest BCUT2D eigenvalue weighted by Gasteiger charge is 2.13. The van der Waals surface area contributed by atoms with Gasteiger partial charge in [0.05, 0.1) is 6.42 Å². The van der Waals surface area contributed by atoms with Crippen molar-refractivity contribution in [1.29, 1.82) is 0 Å². The van der Waals surface area contributed by atoms with Crippen LogP contribution in [-0.4, -0.2) is 21.9 Å². The number of hydrogen-bond acceptors (Lipinski definition) is 7. The van der Waals surface area contributed by atoms with Crippen molar-refractivity contribution in [2.24, 2.45) is 0 Å². The number of carbonyl (C=O) groups excluding carboxylic acids is 2. The normalized spacial score (nSPS) is 10.6. The molecule has 0 spiro atoms. The summed E-state index contributed by atoms with van der Waals surface area (Å²) < 4.78 is 11.0. The molecule has 0 amide bonds. The second-order valence-corrected chi connectivity index (χ2v) is 6.81. The van der Waals surface area contributed by atoms with Gasteiger partial charge in [-0.1, -0.05) is 33.2 Å². The van der Waals surface area contributed by atoms with Crippen LogP contribution in [-0.2, 0) is 16.1 Å². The van der Waals surface area contributed by atoms with Crippen molar-refractivity contribution < 1.29 is 18.8 Å². The molecule has 0 fully saturated rings. The van der Waals surface area contributed by atoms with Crippen LogP contribution in [0.15, 0.2) is 50.1 Å². The Labute approximate surface area is 155 Å². The number of hydrogen-bond donors (Lipinski definition) is 0. The van der Waals surface area contributed by atoms with Crippen LogP contribution >= 0.6 is 27.3 Å². The summed E-state index contributed by atoms with van der Waals surface area (Å²) in [4.78, 5) is 27.9. The molecule has 0 aliphatic heterocycles. The number of ether oxygens (including phenoxy) is 1. The molecule has 0 unspecified atom stereocenters. The van der Waals surface area contributed by atoms with Gasteiger partial charge in [-0.25, -0.2) is 0 Å². The summed E-state index contributed by atoms with van der Waals surface area (Å²) in [5.74, 6) is 0.0780. The first-order chi connectivity index (χ1) is 12.1. The molecule has 2 aromatic heterocycles. The van der Waals surface area contributed by atoms with Gasteiger partial charge >= 0.3 is 5.97 Å². The van der Waals surface area contributed by atoms with Gasteiger partial charge in [0.25, 0.3) is 5.89 Å². The quantitative estimate of drug-likeness (QED) is 0.419. The van der Waals surface area contributed by atoms with E-state index in [1.165, 1.54) is 11.3 Å². The lowest BCUT2D eigenvalue weighted by Crippen LogP contribution is -2.08. The number of rotatable bonds is 7. The van der Waals surface area contributed by atoms with Gasteiger partial charge in [-0.05, 0) is 23.6 Å². The minimum absolute atomic E-state index is 0.000419. The number of nitrogens with zero attached hydrogens (tertiary/aromatic N) is 2. The second-order valence-electron chi connectivity index (χ2n) is 5.11. The third kappa shape index (κ3) is 4.83. The Morgan fingerprint density at radius 3 is 2.68 bits per heavy atom. The average molecular weight is 421 g/mol. The molecule has 0 radical (unpaired) electrons. The van der Waals surface area contributed by atoms with Gasteiger partial charge in [-0.15, -0.1) is 0 Å². The van der Waals surface area contributed by atoms with Gasteiger partial charge < -0.3 is 9.26 Å². The maximum atomic E-state index is 12.0. The van der Waals surface area contributed by atoms with Crippen molar-refractivity contribution in [2.45, 2.75) is 19.4 Å². The van der Waals surface area contributed by atoms with E-state index in [-0.39, 0.29) is 31.1 Å². The summed E-state index contributed by atoms with van der Waals surface area (Å²) in [6, 6.07) is 8.86. The first-order valence-electron chi connectivity index (χ1n) is 7.41. The van der Waals surface area contributed by atoms with E-state index in [1.807, 2.05) is 16.8 Å². The molecule has 0 aliphatic rings. The van der Waals surface area contributed by atoms with Gasteiger partial charge in [-0.2, -0.15) is 16.3 Å². The van der Waals surface area contributed by atoms with Gasteiger partial charge in [0.1, 0.15) is 0 Å². The molecule has 0 aliphatic carbocycles. The Bertz CT molecular complexity index is 859. The number of aromatic nitrogens is 2. The first kappa shape index (κ1) is 17.5. The molecule has 3 aromatic rings. The Morgan fingerprint density at radius 2 is 1.96 bits per heavy atom. The number of carbonyl (C=O) groups is 2. The predicted octanol–water partition coefficient (Wildman–Crippen LogP) is 4.27. The smallest absolute Gasteiger partial charge is 0.306 e. The Morgan fingerprint density at radius 1 is 1.16 bits per heavy atom. The standard InChI is InChI=1S/C17H13BrN2O4S/c18-13-3-1-11(2-4-13)14(21)5-6-16(22)23-9-15-19-17(20-24-15)12-7-8-25-10-12/h1-4,7-8,10H,5-6,9H2. The number of thiophene rings is 1. The van der Waals surface area contributed by atoms with E-state index in [0.717, 1.165) is 10.0 Å². The van der Waals surface area contributed by atoms with Crippen LogP contribution in [0.3, 0.4) is 0 Å². The molecule has 6 nitrogen and oxygen atoms in total. The van der Waals surface area contributed by atoms with Crippen LogP contribution in [0.25, 0.3) is 11.4 Å². The predicted molar refractivity (Wildman–Crippen MR) is 95.1 cm³/mol. The Kier molecular flexibility index (Phi) is 5.72. The largest absolute Gasteiger partial charge is 0.456 e. The molecule has 0 atom stereocenters. The number of benzene rings is 1. The zero-order valence-corrected chi connectivity index (χ0v) is 15.4. The molecule has 1 aromatic carbocycles. The minimum atomic E-state index is -0.485. The van der Waals surface area contributed by atoms with Crippen molar-refractivity contribution >= 4 is 39.0 Å². The number of esters is 1. The highest BCUT2D eigenvalue weighted by molar-refractivity contribution is 9.10. The molecular weight excluding hydrogens is 408 g/mol. The fourth-order valence-electron chi connectivity index (χ4n) is 2.03. The van der Waals surface area contributed by atoms with Crippen molar-refractivity contribution in [2.75, 3.05) is 0 Å². The van der Waals surface area contributed by atoms with E-state index < -0.39 is 5.97 Å². The van der Waals surface area contributed by atoms with Crippen molar-refractivity contribution in [3.8, 4) is 11.4 Å². The maximum Gasteiger partial charge on any atom is 0.306 e. The third-order valence-corrected chi connectivity index (χ3v) is 4.54. The van der Waals surface area contributed by atoms with Crippen LogP contribution in [0.1, 0.15) is 29.1 Å². The van der Waals surface area contributed by atoms with E-state index in [1.54, 1.807) is 24.3 Å². The molecule has 0 bridgehead atoms. The molecule has 128 valence electrons. The molecule has 25 heavy (non-hydrogen) atoms. The zero-order chi connectivity index (χ0) is 17.6. The van der Waals surface area contributed by atoms with Crippen LogP contribution in [0.5, 0.6) is 0 Å². The number of ketones is 1. The van der Waals surface area contributed by atoms with Crippen LogP contribution < -0.4 is 0 Å². The minimum Gasteiger partial charge on any atom is -0.456 e. The molecule has 0 N–H and O–H groups in total. The molecular formula is C17H13BrN2O4S. The second kappa shape index (κ2) is 8.17. The topological polar surface area (TPSA) is 82.3 Å². The molecule has 0 saturated carbocycles. The number of Topliss-reactive ketones (excluding diaryl/α,β-unsaturated/α-hetero) is 1. The van der Waals surface area contributed by atoms with Gasteiger partial charge in [0.15, 0.2) is 12.4 Å². The van der Waals surface area contributed by atoms with Gasteiger partial charge in [0.2, 0.25) is 5.82 Å². The van der Waals surface area contributed by atoms with Crippen molar-refractivity contribution in [1.82, 2.24) is 10.1 Å². The average Bonchev–Trinajstić information content (AvgIpc) is 3.29. The highest BCUT2D eigenvalue weighted by Crippen LogP contribution is 2.19. The monoisotopic (exact) mass is 420 g/mol. The van der Waals surface area contributed by atoms with E-state index in [2.05, 4.69) is 26.1 Å². The third-order valence-electron chi connectivity index (χ3n) is 3.33. The van der Waals surface area contributed by atoms with E-state index in [9.17, 15) is 9.59 Å². The van der Waals surface area contributed by atoms with Crippen molar-refractivity contribution in [3.05, 3.63) is 57.0 Å². The fourth-order valence-corrected chi connectivity index (χ4v) is 2.93. The van der Waals surface area contributed by atoms with Crippen LogP contribution in [0.2, 0.25) is 0 Å². The summed E-state index contributed by atoms with van der Waals surface area (Å²) in [5.41, 5.74) is 1.42.